The Kier molecular flexibility index (Phi) is 5.23. The molecule has 4 N–H and O–H groups in total. The number of benzene rings is 1. The van der Waals surface area contributed by atoms with Gasteiger partial charge in [0.2, 0.25) is 5.95 Å². The Bertz CT molecular complexity index is 913. The summed E-state index contributed by atoms with van der Waals surface area (Å²) in [5, 5.41) is 1.26. The van der Waals surface area contributed by atoms with Crippen LogP contribution in [0.25, 0.3) is 0 Å². The third-order valence-corrected chi connectivity index (χ3v) is 4.57. The average molecular weight is 392 g/mol. The first-order valence-corrected chi connectivity index (χ1v) is 8.45. The zero-order chi connectivity index (χ0) is 20.5. The van der Waals surface area contributed by atoms with E-state index in [4.69, 9.17) is 11.6 Å². The Labute approximate surface area is 159 Å². The van der Waals surface area contributed by atoms with Crippen molar-refractivity contribution in [2.45, 2.75) is 19.5 Å². The fourth-order valence-corrected chi connectivity index (χ4v) is 3.11. The Balaban J connectivity index is 1.83. The van der Waals surface area contributed by atoms with Gasteiger partial charge in [-0.25, -0.2) is 20.8 Å². The van der Waals surface area contributed by atoms with Crippen molar-refractivity contribution in [3.05, 3.63) is 64.7 Å². The smallest absolute Gasteiger partial charge is 0.399 e. The van der Waals surface area contributed by atoms with Crippen LogP contribution in [0.5, 0.6) is 0 Å². The lowest BCUT2D eigenvalue weighted by Gasteiger charge is -2.32. The maximum atomic E-state index is 13.1. The highest BCUT2D eigenvalue weighted by Crippen LogP contribution is 2.33. The number of carbonyl (C=O) groups is 1. The molecule has 0 saturated heterocycles. The number of alkyl halides is 3. The number of nitrogens with two attached hydrogens (primary N) is 2. The molecular weight excluding hydrogens is 373 g/mol. The Morgan fingerprint density at radius 3 is 2.50 bits per heavy atom. The van der Waals surface area contributed by atoms with E-state index in [9.17, 15) is 18.0 Å². The van der Waals surface area contributed by atoms with Gasteiger partial charge in [-0.1, -0.05) is 6.07 Å². The predicted octanol–water partition coefficient (Wildman–Crippen LogP) is 2.20. The minimum atomic E-state index is -4.52. The lowest BCUT2D eigenvalue weighted by molar-refractivity contribution is -0.138. The van der Waals surface area contributed by atoms with Crippen molar-refractivity contribution in [3.8, 4) is 0 Å². The van der Waals surface area contributed by atoms with Crippen LogP contribution < -0.4 is 16.6 Å². The third kappa shape index (κ3) is 3.77. The number of anilines is 1. The van der Waals surface area contributed by atoms with Gasteiger partial charge in [0, 0.05) is 36.6 Å². The van der Waals surface area contributed by atoms with Gasteiger partial charge in [0.15, 0.2) is 0 Å². The average Bonchev–Trinajstić information content (AvgIpc) is 2.67. The molecule has 1 aromatic carbocycles. The number of hydrazine groups is 1. The summed E-state index contributed by atoms with van der Waals surface area (Å²) in [5.41, 5.74) is 6.06. The maximum absolute atomic E-state index is 13.1. The van der Waals surface area contributed by atoms with Crippen molar-refractivity contribution in [2.75, 3.05) is 18.1 Å². The van der Waals surface area contributed by atoms with Crippen LogP contribution in [0.1, 0.15) is 27.9 Å². The number of rotatable bonds is 3. The van der Waals surface area contributed by atoms with Crippen molar-refractivity contribution in [3.63, 3.8) is 0 Å². The normalized spacial score (nSPS) is 15.0. The second kappa shape index (κ2) is 7.47. The number of aromatic nitrogens is 2. The molecule has 0 spiro atoms. The van der Waals surface area contributed by atoms with E-state index in [1.165, 1.54) is 41.4 Å². The minimum Gasteiger partial charge on any atom is -0.399 e. The summed E-state index contributed by atoms with van der Waals surface area (Å²) >= 11 is 0. The van der Waals surface area contributed by atoms with Gasteiger partial charge in [-0.15, -0.1) is 0 Å². The van der Waals surface area contributed by atoms with E-state index in [0.717, 1.165) is 6.07 Å². The third-order valence-electron chi connectivity index (χ3n) is 4.57. The number of nitrogens with zero attached hydrogens (tertiary/aromatic N) is 4. The zero-order valence-corrected chi connectivity index (χ0v) is 15.1. The van der Waals surface area contributed by atoms with Crippen molar-refractivity contribution in [2.24, 2.45) is 11.6 Å². The molecule has 148 valence electrons. The molecule has 0 unspecified atom stereocenters. The van der Waals surface area contributed by atoms with Gasteiger partial charge in [-0.05, 0) is 30.7 Å². The molecule has 7 nitrogen and oxygen atoms in total. The number of hydrogen-bond acceptors (Lipinski definition) is 6. The molecule has 2 heterocycles. The van der Waals surface area contributed by atoms with Crippen LogP contribution in [0.2, 0.25) is 0 Å². The van der Waals surface area contributed by atoms with E-state index in [0.29, 0.717) is 17.8 Å². The molecule has 0 saturated carbocycles. The lowest BCUT2D eigenvalue weighted by Crippen LogP contribution is -2.44. The standard InChI is InChI=1S/C18H19F3N6O/c1-11-12(4-2-5-13(11)18(19,20)21)16(28)26-9-6-15(14(22)10-26)27(23)17-24-7-3-8-25-17/h2-5,7-8H,6,9-10,22-23H2,1H3. The van der Waals surface area contributed by atoms with E-state index in [1.54, 1.807) is 6.07 Å². The summed E-state index contributed by atoms with van der Waals surface area (Å²) in [6.45, 7) is 1.59. The molecule has 3 rings (SSSR count). The monoisotopic (exact) mass is 392 g/mol. The fourth-order valence-electron chi connectivity index (χ4n) is 3.11. The highest BCUT2D eigenvalue weighted by Gasteiger charge is 2.34. The minimum absolute atomic E-state index is 0.00192. The summed E-state index contributed by atoms with van der Waals surface area (Å²) in [7, 11) is 0. The quantitative estimate of drug-likeness (QED) is 0.613. The summed E-state index contributed by atoms with van der Waals surface area (Å²) in [6, 6.07) is 5.22. The van der Waals surface area contributed by atoms with Gasteiger partial charge in [-0.2, -0.15) is 13.2 Å². The Hall–Kier alpha value is -3.14. The first kappa shape index (κ1) is 19.6. The molecule has 10 heteroatoms. The molecule has 1 amide bonds. The van der Waals surface area contributed by atoms with Gasteiger partial charge in [0.1, 0.15) is 0 Å². The van der Waals surface area contributed by atoms with E-state index in [-0.39, 0.29) is 30.2 Å². The van der Waals surface area contributed by atoms with Crippen molar-refractivity contribution in [1.29, 1.82) is 0 Å². The van der Waals surface area contributed by atoms with Crippen molar-refractivity contribution < 1.29 is 18.0 Å². The molecule has 2 aromatic rings. The lowest BCUT2D eigenvalue weighted by atomic mass is 10.00. The molecule has 0 fully saturated rings. The zero-order valence-electron chi connectivity index (χ0n) is 15.1. The summed E-state index contributed by atoms with van der Waals surface area (Å²) in [6.07, 6.45) is -1.13. The van der Waals surface area contributed by atoms with Gasteiger partial charge in [-0.3, -0.25) is 4.79 Å². The summed E-state index contributed by atoms with van der Waals surface area (Å²) < 4.78 is 39.3. The number of amides is 1. The SMILES string of the molecule is Cc1c(C(=O)N2CCC(N(N)c3ncccn3)=C(N)C2)cccc1C(F)(F)F. The largest absolute Gasteiger partial charge is 0.416 e. The molecule has 0 radical (unpaired) electrons. The van der Waals surface area contributed by atoms with E-state index < -0.39 is 17.6 Å². The predicted molar refractivity (Wildman–Crippen MR) is 96.6 cm³/mol. The van der Waals surface area contributed by atoms with Crippen LogP contribution in [0.15, 0.2) is 48.1 Å². The number of carbonyl (C=O) groups excluding carboxylic acids is 1. The van der Waals surface area contributed by atoms with E-state index in [2.05, 4.69) is 9.97 Å². The highest BCUT2D eigenvalue weighted by atomic mass is 19.4. The van der Waals surface area contributed by atoms with Crippen LogP contribution in [0.4, 0.5) is 19.1 Å². The van der Waals surface area contributed by atoms with Crippen LogP contribution in [-0.2, 0) is 6.18 Å². The van der Waals surface area contributed by atoms with Crippen LogP contribution in [0.3, 0.4) is 0 Å². The van der Waals surface area contributed by atoms with Gasteiger partial charge >= 0.3 is 6.18 Å². The molecule has 0 bridgehead atoms. The van der Waals surface area contributed by atoms with E-state index in [1.807, 2.05) is 0 Å². The molecule has 1 aromatic heterocycles. The molecular formula is C18H19F3N6O. The fraction of sp³-hybridized carbons (Fsp3) is 0.278. The maximum Gasteiger partial charge on any atom is 0.416 e. The highest BCUT2D eigenvalue weighted by molar-refractivity contribution is 5.96. The Morgan fingerprint density at radius 2 is 1.89 bits per heavy atom. The molecule has 28 heavy (non-hydrogen) atoms. The second-order valence-corrected chi connectivity index (χ2v) is 6.34. The molecule has 1 aliphatic heterocycles. The first-order valence-electron chi connectivity index (χ1n) is 8.45. The number of hydrogen-bond donors (Lipinski definition) is 2. The molecule has 0 aliphatic carbocycles. The van der Waals surface area contributed by atoms with Crippen LogP contribution in [0, 0.1) is 6.92 Å². The number of halogens is 3. The van der Waals surface area contributed by atoms with Gasteiger partial charge < -0.3 is 10.6 Å². The van der Waals surface area contributed by atoms with Crippen molar-refractivity contribution >= 4 is 11.9 Å². The first-order chi connectivity index (χ1) is 13.2. The summed E-state index contributed by atoms with van der Waals surface area (Å²) in [4.78, 5) is 22.3. The van der Waals surface area contributed by atoms with Gasteiger partial charge in [0.25, 0.3) is 5.91 Å². The Morgan fingerprint density at radius 1 is 1.21 bits per heavy atom. The molecule has 0 atom stereocenters. The molecule has 1 aliphatic rings. The van der Waals surface area contributed by atoms with E-state index >= 15 is 0 Å². The van der Waals surface area contributed by atoms with Crippen LogP contribution >= 0.6 is 0 Å². The topological polar surface area (TPSA) is 101 Å². The van der Waals surface area contributed by atoms with Gasteiger partial charge in [0.05, 0.1) is 17.8 Å². The second-order valence-electron chi connectivity index (χ2n) is 6.34. The van der Waals surface area contributed by atoms with Crippen LogP contribution in [-0.4, -0.2) is 33.9 Å². The summed E-state index contributed by atoms with van der Waals surface area (Å²) in [5.74, 6) is 5.78. The van der Waals surface area contributed by atoms with Crippen molar-refractivity contribution in [1.82, 2.24) is 14.9 Å².